The number of amides is 2. The van der Waals surface area contributed by atoms with Crippen molar-refractivity contribution in [3.05, 3.63) is 18.2 Å². The van der Waals surface area contributed by atoms with Gasteiger partial charge in [0, 0.05) is 24.7 Å². The molecule has 2 aliphatic rings. The largest absolute Gasteiger partial charge is 0.486 e. The van der Waals surface area contributed by atoms with Crippen molar-refractivity contribution in [2.45, 2.75) is 6.42 Å². The number of hydrogen-bond acceptors (Lipinski definition) is 8. The minimum atomic E-state index is -0.704. The highest BCUT2D eigenvalue weighted by Crippen LogP contribution is 2.36. The van der Waals surface area contributed by atoms with E-state index in [1.54, 1.807) is 18.2 Å². The van der Waals surface area contributed by atoms with Crippen LogP contribution in [0.2, 0.25) is 0 Å². The summed E-state index contributed by atoms with van der Waals surface area (Å²) in [4.78, 5) is 51.2. The molecule has 0 radical (unpaired) electrons. The summed E-state index contributed by atoms with van der Waals surface area (Å²) >= 11 is 0. The van der Waals surface area contributed by atoms with Crippen LogP contribution < -0.4 is 14.4 Å². The average molecular weight is 406 g/mol. The van der Waals surface area contributed by atoms with E-state index in [4.69, 9.17) is 9.47 Å². The molecular formula is C19H22N2O8. The van der Waals surface area contributed by atoms with Gasteiger partial charge in [0.15, 0.2) is 11.5 Å². The maximum atomic E-state index is 12.9. The second-order valence-corrected chi connectivity index (χ2v) is 6.58. The molecule has 2 heterocycles. The monoisotopic (exact) mass is 406 g/mol. The number of hydrogen-bond donors (Lipinski definition) is 0. The van der Waals surface area contributed by atoms with Crippen LogP contribution in [0.1, 0.15) is 6.42 Å². The fraction of sp³-hybridized carbons (Fsp3) is 0.474. The predicted octanol–water partition coefficient (Wildman–Crippen LogP) is -0.0147. The molecular weight excluding hydrogens is 384 g/mol. The van der Waals surface area contributed by atoms with Crippen LogP contribution in [0.5, 0.6) is 11.5 Å². The van der Waals surface area contributed by atoms with Crippen LogP contribution in [0, 0.1) is 5.92 Å². The van der Waals surface area contributed by atoms with E-state index >= 15 is 0 Å². The lowest BCUT2D eigenvalue weighted by atomic mass is 10.1. The number of esters is 2. The lowest BCUT2D eigenvalue weighted by molar-refractivity contribution is -0.153. The van der Waals surface area contributed by atoms with Gasteiger partial charge in [-0.2, -0.15) is 0 Å². The number of benzene rings is 1. The van der Waals surface area contributed by atoms with Crippen molar-refractivity contribution in [3.8, 4) is 11.5 Å². The first-order valence-corrected chi connectivity index (χ1v) is 9.05. The molecule has 10 nitrogen and oxygen atoms in total. The van der Waals surface area contributed by atoms with Crippen molar-refractivity contribution in [1.82, 2.24) is 4.90 Å². The Morgan fingerprint density at radius 2 is 1.69 bits per heavy atom. The van der Waals surface area contributed by atoms with E-state index in [0.717, 1.165) is 4.90 Å². The van der Waals surface area contributed by atoms with Gasteiger partial charge in [-0.25, -0.2) is 0 Å². The fourth-order valence-electron chi connectivity index (χ4n) is 3.23. The summed E-state index contributed by atoms with van der Waals surface area (Å²) in [6.45, 7) is 0.192. The van der Waals surface area contributed by atoms with E-state index in [1.165, 1.54) is 19.1 Å². The van der Waals surface area contributed by atoms with Crippen molar-refractivity contribution < 1.29 is 38.1 Å². The van der Waals surface area contributed by atoms with Gasteiger partial charge in [-0.05, 0) is 12.1 Å². The Kier molecular flexibility index (Phi) is 6.20. The molecule has 0 spiro atoms. The second kappa shape index (κ2) is 8.80. The number of rotatable bonds is 6. The summed E-state index contributed by atoms with van der Waals surface area (Å²) in [5.74, 6) is -1.64. The van der Waals surface area contributed by atoms with Gasteiger partial charge in [0.1, 0.15) is 26.3 Å². The van der Waals surface area contributed by atoms with Gasteiger partial charge in [-0.1, -0.05) is 0 Å². The van der Waals surface area contributed by atoms with Crippen molar-refractivity contribution in [1.29, 1.82) is 0 Å². The molecule has 1 atom stereocenters. The first kappa shape index (κ1) is 20.4. The number of ether oxygens (including phenoxy) is 4. The van der Waals surface area contributed by atoms with Crippen LogP contribution in [0.3, 0.4) is 0 Å². The second-order valence-electron chi connectivity index (χ2n) is 6.58. The molecule has 2 amide bonds. The molecule has 0 saturated carbocycles. The standard InChI is InChI=1S/C19H22N2O8/c1-26-17(23)10-20(11-18(24)27-2)19(25)12-7-16(22)21(9-12)13-3-4-14-15(8-13)29-6-5-28-14/h3-4,8,12H,5-7,9-11H2,1-2H3. The van der Waals surface area contributed by atoms with Crippen molar-refractivity contribution in [2.24, 2.45) is 5.92 Å². The van der Waals surface area contributed by atoms with E-state index in [-0.39, 0.29) is 18.9 Å². The highest BCUT2D eigenvalue weighted by Gasteiger charge is 2.38. The summed E-state index contributed by atoms with van der Waals surface area (Å²) in [5.41, 5.74) is 0.585. The molecule has 0 bridgehead atoms. The lowest BCUT2D eigenvalue weighted by Crippen LogP contribution is -2.44. The van der Waals surface area contributed by atoms with Gasteiger partial charge in [0.2, 0.25) is 11.8 Å². The summed E-state index contributed by atoms with van der Waals surface area (Å²) in [6, 6.07) is 5.13. The maximum absolute atomic E-state index is 12.9. The number of carbonyl (C=O) groups is 4. The molecule has 0 aliphatic carbocycles. The van der Waals surface area contributed by atoms with Crippen LogP contribution >= 0.6 is 0 Å². The first-order valence-electron chi connectivity index (χ1n) is 9.05. The fourth-order valence-corrected chi connectivity index (χ4v) is 3.23. The Bertz CT molecular complexity index is 806. The Morgan fingerprint density at radius 1 is 1.07 bits per heavy atom. The van der Waals surface area contributed by atoms with Gasteiger partial charge >= 0.3 is 11.9 Å². The van der Waals surface area contributed by atoms with Crippen LogP contribution in [-0.4, -0.2) is 75.7 Å². The minimum absolute atomic E-state index is 0.0356. The zero-order chi connectivity index (χ0) is 21.0. The third-order valence-electron chi connectivity index (χ3n) is 4.72. The summed E-state index contributed by atoms with van der Waals surface area (Å²) < 4.78 is 20.2. The van der Waals surface area contributed by atoms with E-state index < -0.39 is 36.9 Å². The highest BCUT2D eigenvalue weighted by atomic mass is 16.6. The van der Waals surface area contributed by atoms with Crippen LogP contribution in [0.4, 0.5) is 5.69 Å². The molecule has 1 unspecified atom stereocenters. The smallest absolute Gasteiger partial charge is 0.325 e. The first-order chi connectivity index (χ1) is 13.9. The SMILES string of the molecule is COC(=O)CN(CC(=O)OC)C(=O)C1CC(=O)N(c2ccc3c(c2)OCCO3)C1. The zero-order valence-electron chi connectivity index (χ0n) is 16.2. The van der Waals surface area contributed by atoms with E-state index in [2.05, 4.69) is 9.47 Å². The van der Waals surface area contributed by atoms with Gasteiger partial charge in [0.25, 0.3) is 0 Å². The molecule has 2 aliphatic heterocycles. The molecule has 1 saturated heterocycles. The predicted molar refractivity (Wildman–Crippen MR) is 98.5 cm³/mol. The molecule has 1 aromatic rings. The van der Waals surface area contributed by atoms with E-state index in [0.29, 0.717) is 30.4 Å². The number of carbonyl (C=O) groups excluding carboxylic acids is 4. The van der Waals surface area contributed by atoms with E-state index in [9.17, 15) is 19.2 Å². The van der Waals surface area contributed by atoms with Crippen LogP contribution in [0.15, 0.2) is 18.2 Å². The summed E-state index contributed by atoms with van der Waals surface area (Å²) in [7, 11) is 2.37. The van der Waals surface area contributed by atoms with Gasteiger partial charge < -0.3 is 28.7 Å². The third-order valence-corrected chi connectivity index (χ3v) is 4.72. The molecule has 1 fully saturated rings. The average Bonchev–Trinajstić information content (AvgIpc) is 3.13. The number of nitrogens with zero attached hydrogens (tertiary/aromatic N) is 2. The zero-order valence-corrected chi connectivity index (χ0v) is 16.2. The number of fused-ring (bicyclic) bond motifs is 1. The topological polar surface area (TPSA) is 112 Å². The van der Waals surface area contributed by atoms with Crippen molar-refractivity contribution in [3.63, 3.8) is 0 Å². The normalized spacial score (nSPS) is 17.7. The minimum Gasteiger partial charge on any atom is -0.486 e. The Balaban J connectivity index is 1.74. The molecule has 10 heteroatoms. The lowest BCUT2D eigenvalue weighted by Gasteiger charge is -2.24. The quantitative estimate of drug-likeness (QED) is 0.606. The van der Waals surface area contributed by atoms with Gasteiger partial charge in [-0.3, -0.25) is 19.2 Å². The third kappa shape index (κ3) is 4.58. The molecule has 0 N–H and O–H groups in total. The Morgan fingerprint density at radius 3 is 2.31 bits per heavy atom. The molecule has 156 valence electrons. The maximum Gasteiger partial charge on any atom is 0.325 e. The summed E-state index contributed by atoms with van der Waals surface area (Å²) in [5, 5.41) is 0. The van der Waals surface area contributed by atoms with Gasteiger partial charge in [0.05, 0.1) is 20.1 Å². The van der Waals surface area contributed by atoms with E-state index in [1.807, 2.05) is 0 Å². The summed E-state index contributed by atoms with van der Waals surface area (Å²) in [6.07, 6.45) is -0.0356. The number of methoxy groups -OCH3 is 2. The Labute approximate surface area is 167 Å². The van der Waals surface area contributed by atoms with Gasteiger partial charge in [-0.15, -0.1) is 0 Å². The molecule has 29 heavy (non-hydrogen) atoms. The molecule has 3 rings (SSSR count). The Hall–Kier alpha value is -3.30. The van der Waals surface area contributed by atoms with Crippen LogP contribution in [0.25, 0.3) is 0 Å². The highest BCUT2D eigenvalue weighted by molar-refractivity contribution is 6.01. The van der Waals surface area contributed by atoms with Crippen molar-refractivity contribution >= 4 is 29.4 Å². The molecule has 0 aromatic heterocycles. The van der Waals surface area contributed by atoms with Crippen molar-refractivity contribution in [2.75, 3.05) is 52.0 Å². The number of anilines is 1. The molecule has 1 aromatic carbocycles. The van der Waals surface area contributed by atoms with Crippen LogP contribution in [-0.2, 0) is 28.7 Å².